The number of nitro groups is 1. The van der Waals surface area contributed by atoms with E-state index in [1.54, 1.807) is 17.0 Å². The van der Waals surface area contributed by atoms with Crippen LogP contribution >= 0.6 is 0 Å². The molecule has 10 nitrogen and oxygen atoms in total. The predicted octanol–water partition coefficient (Wildman–Crippen LogP) is 2.57. The fraction of sp³-hybridized carbons (Fsp3) is 0.476. The highest BCUT2D eigenvalue weighted by Gasteiger charge is 2.32. The first kappa shape index (κ1) is 22.3. The van der Waals surface area contributed by atoms with Gasteiger partial charge in [0, 0.05) is 45.3 Å². The number of piperidine rings is 1. The summed E-state index contributed by atoms with van der Waals surface area (Å²) in [7, 11) is -3.79. The topological polar surface area (TPSA) is 117 Å². The van der Waals surface area contributed by atoms with Crippen molar-refractivity contribution in [2.24, 2.45) is 5.92 Å². The van der Waals surface area contributed by atoms with Gasteiger partial charge in [0.15, 0.2) is 5.76 Å². The van der Waals surface area contributed by atoms with Crippen LogP contribution in [0.3, 0.4) is 0 Å². The van der Waals surface area contributed by atoms with Crippen molar-refractivity contribution in [2.75, 3.05) is 44.2 Å². The van der Waals surface area contributed by atoms with Gasteiger partial charge in [0.1, 0.15) is 5.69 Å². The third-order valence-corrected chi connectivity index (χ3v) is 8.06. The number of hydrogen-bond acceptors (Lipinski definition) is 7. The number of benzene rings is 1. The van der Waals surface area contributed by atoms with Crippen molar-refractivity contribution in [1.82, 2.24) is 9.21 Å². The van der Waals surface area contributed by atoms with Gasteiger partial charge in [-0.2, -0.15) is 4.31 Å². The van der Waals surface area contributed by atoms with Gasteiger partial charge in [0.25, 0.3) is 11.6 Å². The first-order valence-electron chi connectivity index (χ1n) is 10.6. The molecule has 32 heavy (non-hydrogen) atoms. The van der Waals surface area contributed by atoms with Crippen LogP contribution in [-0.4, -0.2) is 67.7 Å². The van der Waals surface area contributed by atoms with Gasteiger partial charge in [0.2, 0.25) is 10.0 Å². The van der Waals surface area contributed by atoms with Crippen molar-refractivity contribution in [3.8, 4) is 0 Å². The Balaban J connectivity index is 1.52. The zero-order valence-corrected chi connectivity index (χ0v) is 18.7. The molecule has 0 aliphatic carbocycles. The van der Waals surface area contributed by atoms with E-state index in [2.05, 4.69) is 6.92 Å². The zero-order chi connectivity index (χ0) is 22.9. The molecule has 1 aromatic heterocycles. The third-order valence-electron chi connectivity index (χ3n) is 6.16. The van der Waals surface area contributed by atoms with E-state index in [-0.39, 0.29) is 22.3 Å². The van der Waals surface area contributed by atoms with Crippen LogP contribution in [0.25, 0.3) is 0 Å². The van der Waals surface area contributed by atoms with Crippen LogP contribution in [-0.2, 0) is 10.0 Å². The normalized spacial score (nSPS) is 18.7. The number of anilines is 1. The second-order valence-electron chi connectivity index (χ2n) is 8.25. The highest BCUT2D eigenvalue weighted by molar-refractivity contribution is 7.89. The Kier molecular flexibility index (Phi) is 6.20. The summed E-state index contributed by atoms with van der Waals surface area (Å²) in [5, 5.41) is 11.8. The van der Waals surface area contributed by atoms with Gasteiger partial charge < -0.3 is 14.2 Å². The maximum atomic E-state index is 13.0. The lowest BCUT2D eigenvalue weighted by atomic mass is 10.0. The van der Waals surface area contributed by atoms with Gasteiger partial charge in [0.05, 0.1) is 16.1 Å². The van der Waals surface area contributed by atoms with Gasteiger partial charge in [-0.15, -0.1) is 0 Å². The predicted molar refractivity (Wildman–Crippen MR) is 117 cm³/mol. The summed E-state index contributed by atoms with van der Waals surface area (Å²) in [5.41, 5.74) is 0.105. The first-order chi connectivity index (χ1) is 15.3. The number of hydrogen-bond donors (Lipinski definition) is 0. The highest BCUT2D eigenvalue weighted by Crippen LogP contribution is 2.33. The number of nitro benzene ring substituents is 1. The highest BCUT2D eigenvalue weighted by atomic mass is 32.2. The molecule has 1 aromatic carbocycles. The number of rotatable bonds is 5. The minimum absolute atomic E-state index is 0.0610. The van der Waals surface area contributed by atoms with Crippen molar-refractivity contribution in [2.45, 2.75) is 24.7 Å². The maximum Gasteiger partial charge on any atom is 0.293 e. The Morgan fingerprint density at radius 1 is 1.09 bits per heavy atom. The average Bonchev–Trinajstić information content (AvgIpc) is 3.33. The molecule has 2 aromatic rings. The molecule has 0 atom stereocenters. The van der Waals surface area contributed by atoms with Crippen LogP contribution in [0.2, 0.25) is 0 Å². The molecule has 11 heteroatoms. The SMILES string of the molecule is CC1CCN(S(=O)(=O)c2ccc(N3CCN(C(=O)c4ccco4)CC3)c([N+](=O)[O-])c2)CC1. The number of furan rings is 1. The van der Waals surface area contributed by atoms with E-state index in [1.807, 2.05) is 4.90 Å². The molecule has 2 fully saturated rings. The number of sulfonamides is 1. The van der Waals surface area contributed by atoms with Gasteiger partial charge in [-0.05, 0) is 43.0 Å². The molecule has 2 aliphatic heterocycles. The Hall–Kier alpha value is -2.92. The first-order valence-corrected chi connectivity index (χ1v) is 12.1. The zero-order valence-electron chi connectivity index (χ0n) is 17.8. The lowest BCUT2D eigenvalue weighted by molar-refractivity contribution is -0.384. The molecule has 172 valence electrons. The number of carbonyl (C=O) groups is 1. The summed E-state index contributed by atoms with van der Waals surface area (Å²) in [6.45, 7) is 4.47. The molecular weight excluding hydrogens is 436 g/mol. The monoisotopic (exact) mass is 462 g/mol. The summed E-state index contributed by atoms with van der Waals surface area (Å²) >= 11 is 0. The second kappa shape index (κ2) is 8.91. The van der Waals surface area contributed by atoms with E-state index in [0.29, 0.717) is 50.9 Å². The molecule has 4 rings (SSSR count). The largest absolute Gasteiger partial charge is 0.459 e. The molecule has 0 bridgehead atoms. The number of piperazine rings is 1. The van der Waals surface area contributed by atoms with E-state index in [1.165, 1.54) is 22.7 Å². The van der Waals surface area contributed by atoms with Crippen LogP contribution in [0, 0.1) is 16.0 Å². The van der Waals surface area contributed by atoms with Crippen LogP contribution in [0.15, 0.2) is 45.9 Å². The Morgan fingerprint density at radius 3 is 2.38 bits per heavy atom. The van der Waals surface area contributed by atoms with Crippen molar-refractivity contribution in [3.63, 3.8) is 0 Å². The summed E-state index contributed by atoms with van der Waals surface area (Å²) in [6.07, 6.45) is 2.99. The Morgan fingerprint density at radius 2 is 1.78 bits per heavy atom. The lowest BCUT2D eigenvalue weighted by Crippen LogP contribution is -2.48. The molecule has 0 saturated carbocycles. The van der Waals surface area contributed by atoms with Crippen LogP contribution in [0.4, 0.5) is 11.4 Å². The van der Waals surface area contributed by atoms with E-state index in [4.69, 9.17) is 4.42 Å². The fourth-order valence-electron chi connectivity index (χ4n) is 4.16. The smallest absolute Gasteiger partial charge is 0.293 e. The summed E-state index contributed by atoms with van der Waals surface area (Å²) in [5.74, 6) is 0.504. The van der Waals surface area contributed by atoms with Gasteiger partial charge in [-0.3, -0.25) is 14.9 Å². The second-order valence-corrected chi connectivity index (χ2v) is 10.2. The number of amides is 1. The van der Waals surface area contributed by atoms with Crippen molar-refractivity contribution >= 4 is 27.3 Å². The molecule has 3 heterocycles. The van der Waals surface area contributed by atoms with E-state index in [9.17, 15) is 23.3 Å². The van der Waals surface area contributed by atoms with Crippen molar-refractivity contribution in [3.05, 3.63) is 52.5 Å². The molecule has 0 radical (unpaired) electrons. The number of carbonyl (C=O) groups excluding carboxylic acids is 1. The van der Waals surface area contributed by atoms with Crippen LogP contribution in [0.5, 0.6) is 0 Å². The fourth-order valence-corrected chi connectivity index (χ4v) is 5.65. The third kappa shape index (κ3) is 4.35. The molecule has 0 unspecified atom stereocenters. The summed E-state index contributed by atoms with van der Waals surface area (Å²) < 4.78 is 32.6. The Bertz CT molecular complexity index is 1090. The van der Waals surface area contributed by atoms with Crippen LogP contribution < -0.4 is 4.90 Å². The van der Waals surface area contributed by atoms with E-state index in [0.717, 1.165) is 18.9 Å². The van der Waals surface area contributed by atoms with Crippen molar-refractivity contribution in [1.29, 1.82) is 0 Å². The molecule has 0 spiro atoms. The molecule has 2 saturated heterocycles. The molecule has 0 N–H and O–H groups in total. The molecular formula is C21H26N4O6S. The number of nitrogens with zero attached hydrogens (tertiary/aromatic N) is 4. The van der Waals surface area contributed by atoms with Gasteiger partial charge in [-0.25, -0.2) is 8.42 Å². The summed E-state index contributed by atoms with van der Waals surface area (Å²) in [4.78, 5) is 27.1. The van der Waals surface area contributed by atoms with Crippen LogP contribution in [0.1, 0.15) is 30.3 Å². The van der Waals surface area contributed by atoms with Crippen molar-refractivity contribution < 1.29 is 22.6 Å². The molecule has 1 amide bonds. The Labute approximate surface area is 186 Å². The molecule has 2 aliphatic rings. The van der Waals surface area contributed by atoms with Gasteiger partial charge in [-0.1, -0.05) is 6.92 Å². The van der Waals surface area contributed by atoms with Gasteiger partial charge >= 0.3 is 0 Å². The van der Waals surface area contributed by atoms with E-state index >= 15 is 0 Å². The standard InChI is InChI=1S/C21H26N4O6S/c1-16-6-8-24(9-7-16)32(29,30)17-4-5-18(19(15-17)25(27)28)22-10-12-23(13-11-22)21(26)20-3-2-14-31-20/h2-5,14-16H,6-13H2,1H3. The summed E-state index contributed by atoms with van der Waals surface area (Å²) in [6, 6.07) is 7.34. The maximum absolute atomic E-state index is 13.0. The van der Waals surface area contributed by atoms with E-state index < -0.39 is 14.9 Å². The minimum atomic E-state index is -3.79. The quantitative estimate of drug-likeness (QED) is 0.495. The minimum Gasteiger partial charge on any atom is -0.459 e. The average molecular weight is 463 g/mol. The lowest BCUT2D eigenvalue weighted by Gasteiger charge is -2.35.